The van der Waals surface area contributed by atoms with Gasteiger partial charge in [-0.1, -0.05) is 35.7 Å². The highest BCUT2D eigenvalue weighted by molar-refractivity contribution is 8.00. The third-order valence-electron chi connectivity index (χ3n) is 4.19. The van der Waals surface area contributed by atoms with Crippen LogP contribution in [0.1, 0.15) is 12.7 Å². The lowest BCUT2D eigenvalue weighted by atomic mass is 10.3. The zero-order chi connectivity index (χ0) is 19.5. The molecule has 1 aliphatic heterocycles. The first-order valence-corrected chi connectivity index (χ1v) is 11.6. The summed E-state index contributed by atoms with van der Waals surface area (Å²) in [6.07, 6.45) is 0. The van der Waals surface area contributed by atoms with E-state index in [9.17, 15) is 9.59 Å². The number of para-hydroxylation sites is 1. The molecule has 0 bridgehead atoms. The summed E-state index contributed by atoms with van der Waals surface area (Å²) in [6, 6.07) is 7.75. The predicted molar refractivity (Wildman–Crippen MR) is 111 cm³/mol. The molecule has 3 aromatic rings. The molecule has 0 saturated carbocycles. The first kappa shape index (κ1) is 19.2. The average molecular weight is 435 g/mol. The van der Waals surface area contributed by atoms with Crippen LogP contribution in [0, 0.1) is 0 Å². The van der Waals surface area contributed by atoms with Gasteiger partial charge in [-0.3, -0.25) is 9.69 Å². The zero-order valence-electron chi connectivity index (χ0n) is 15.1. The van der Waals surface area contributed by atoms with Crippen molar-refractivity contribution in [1.29, 1.82) is 0 Å². The fraction of sp³-hybridized carbons (Fsp3) is 0.353. The van der Waals surface area contributed by atoms with E-state index in [2.05, 4.69) is 26.6 Å². The Kier molecular flexibility index (Phi) is 5.83. The molecular weight excluding hydrogens is 416 g/mol. The van der Waals surface area contributed by atoms with E-state index in [1.807, 2.05) is 29.7 Å². The van der Waals surface area contributed by atoms with Crippen LogP contribution in [0.2, 0.25) is 0 Å². The molecule has 0 spiro atoms. The normalized spacial score (nSPS) is 14.0. The number of nitrogens with zero attached hydrogens (tertiary/aromatic N) is 5. The van der Waals surface area contributed by atoms with Gasteiger partial charge in [0.25, 0.3) is 0 Å². The summed E-state index contributed by atoms with van der Waals surface area (Å²) < 4.78 is 4.17. The number of fused-ring (bicyclic) bond motifs is 1. The van der Waals surface area contributed by atoms with Gasteiger partial charge in [-0.15, -0.1) is 21.5 Å². The first-order chi connectivity index (χ1) is 13.7. The fourth-order valence-electron chi connectivity index (χ4n) is 2.80. The van der Waals surface area contributed by atoms with Crippen LogP contribution in [-0.4, -0.2) is 55.4 Å². The topological polar surface area (TPSA) is 93.0 Å². The average Bonchev–Trinajstić information content (AvgIpc) is 3.41. The first-order valence-electron chi connectivity index (χ1n) is 8.77. The molecule has 2 aromatic heterocycles. The number of aromatic nitrogens is 4. The number of rotatable bonds is 7. The molecule has 0 unspecified atom stereocenters. The highest BCUT2D eigenvalue weighted by Gasteiger charge is 2.26. The van der Waals surface area contributed by atoms with Crippen LogP contribution in [0.25, 0.3) is 10.2 Å². The Balaban J connectivity index is 1.39. The van der Waals surface area contributed by atoms with E-state index < -0.39 is 0 Å². The summed E-state index contributed by atoms with van der Waals surface area (Å²) in [4.78, 5) is 29.7. The lowest BCUT2D eigenvalue weighted by molar-refractivity contribution is -0.124. The highest BCUT2D eigenvalue weighted by atomic mass is 32.2. The monoisotopic (exact) mass is 434 g/mol. The van der Waals surface area contributed by atoms with Crippen molar-refractivity contribution in [2.24, 2.45) is 0 Å². The molecule has 3 amide bonds. The second kappa shape index (κ2) is 8.50. The number of benzene rings is 1. The lowest BCUT2D eigenvalue weighted by Crippen LogP contribution is -2.35. The Hall–Kier alpha value is -2.11. The number of carbonyl (C=O) groups excluding carboxylic acids is 2. The quantitative estimate of drug-likeness (QED) is 0.572. The second-order valence-corrected chi connectivity index (χ2v) is 9.14. The van der Waals surface area contributed by atoms with Crippen molar-refractivity contribution in [1.82, 2.24) is 30.0 Å². The van der Waals surface area contributed by atoms with Gasteiger partial charge in [0, 0.05) is 19.6 Å². The van der Waals surface area contributed by atoms with Crippen molar-refractivity contribution < 1.29 is 9.59 Å². The molecule has 4 rings (SSSR count). The van der Waals surface area contributed by atoms with Gasteiger partial charge in [-0.25, -0.2) is 9.78 Å². The van der Waals surface area contributed by atoms with Gasteiger partial charge >= 0.3 is 6.03 Å². The summed E-state index contributed by atoms with van der Waals surface area (Å²) in [5, 5.41) is 11.8. The number of urea groups is 1. The number of nitrogens with one attached hydrogen (secondary N) is 1. The molecule has 3 heterocycles. The Morgan fingerprint density at radius 2 is 2.14 bits per heavy atom. The Morgan fingerprint density at radius 1 is 1.29 bits per heavy atom. The van der Waals surface area contributed by atoms with Crippen molar-refractivity contribution in [3.05, 3.63) is 30.1 Å². The third kappa shape index (κ3) is 4.01. The van der Waals surface area contributed by atoms with Crippen molar-refractivity contribution >= 4 is 57.0 Å². The van der Waals surface area contributed by atoms with E-state index in [1.54, 1.807) is 23.1 Å². The van der Waals surface area contributed by atoms with E-state index in [4.69, 9.17) is 0 Å². The highest BCUT2D eigenvalue weighted by Crippen LogP contribution is 2.31. The minimum absolute atomic E-state index is 0.163. The van der Waals surface area contributed by atoms with E-state index in [0.29, 0.717) is 30.5 Å². The zero-order valence-corrected chi connectivity index (χ0v) is 17.6. The molecule has 0 atom stereocenters. The van der Waals surface area contributed by atoms with Crippen LogP contribution in [0.5, 0.6) is 0 Å². The van der Waals surface area contributed by atoms with Crippen LogP contribution in [0.15, 0.2) is 33.8 Å². The number of amides is 3. The number of carbonyl (C=O) groups is 2. The van der Waals surface area contributed by atoms with Crippen molar-refractivity contribution in [2.45, 2.75) is 28.7 Å². The molecular formula is C17H18N6O2S3. The fourth-order valence-corrected chi connectivity index (χ4v) is 5.71. The molecule has 11 heteroatoms. The molecule has 1 saturated heterocycles. The smallest absolute Gasteiger partial charge is 0.324 e. The van der Waals surface area contributed by atoms with Gasteiger partial charge in [0.15, 0.2) is 9.50 Å². The molecule has 1 fully saturated rings. The number of thiazole rings is 1. The molecule has 1 N–H and O–H groups in total. The van der Waals surface area contributed by atoms with Crippen molar-refractivity contribution in [2.75, 3.05) is 18.8 Å². The molecule has 0 radical (unpaired) electrons. The lowest BCUT2D eigenvalue weighted by Gasteiger charge is -2.11. The van der Waals surface area contributed by atoms with Crippen LogP contribution in [0.3, 0.4) is 0 Å². The van der Waals surface area contributed by atoms with E-state index >= 15 is 0 Å². The predicted octanol–water partition coefficient (Wildman–Crippen LogP) is 2.84. The van der Waals surface area contributed by atoms with Gasteiger partial charge in [0.05, 0.1) is 21.7 Å². The van der Waals surface area contributed by atoms with Crippen LogP contribution < -0.4 is 5.32 Å². The van der Waals surface area contributed by atoms with Crippen molar-refractivity contribution in [3.8, 4) is 0 Å². The number of thioether (sulfide) groups is 2. The summed E-state index contributed by atoms with van der Waals surface area (Å²) in [7, 11) is 0. The SMILES string of the molecule is CCn1c(CSc2nc3ccccc3s2)nnc1SCC(=O)N1CCNC1=O. The van der Waals surface area contributed by atoms with Crippen LogP contribution in [-0.2, 0) is 17.1 Å². The minimum Gasteiger partial charge on any atom is -0.336 e. The second-order valence-electron chi connectivity index (χ2n) is 5.95. The molecule has 1 aromatic carbocycles. The maximum absolute atomic E-state index is 12.2. The third-order valence-corrected chi connectivity index (χ3v) is 7.32. The molecule has 146 valence electrons. The van der Waals surface area contributed by atoms with E-state index in [-0.39, 0.29) is 17.7 Å². The molecule has 1 aliphatic rings. The van der Waals surface area contributed by atoms with Gasteiger partial charge in [0.2, 0.25) is 5.91 Å². The Bertz CT molecular complexity index is 984. The standard InChI is InChI=1S/C17H18N6O2S3/c1-2-22-13(9-27-17-19-11-5-3-4-6-12(11)28-17)20-21-16(22)26-10-14(24)23-8-7-18-15(23)25/h3-6H,2,7-10H2,1H3,(H,18,25). The largest absolute Gasteiger partial charge is 0.336 e. The summed E-state index contributed by atoms with van der Waals surface area (Å²) in [6.45, 7) is 3.66. The van der Waals surface area contributed by atoms with Gasteiger partial charge in [-0.2, -0.15) is 0 Å². The molecule has 8 nitrogen and oxygen atoms in total. The van der Waals surface area contributed by atoms with E-state index in [1.165, 1.54) is 21.4 Å². The van der Waals surface area contributed by atoms with Crippen LogP contribution in [0.4, 0.5) is 4.79 Å². The maximum atomic E-state index is 12.2. The maximum Gasteiger partial charge on any atom is 0.324 e. The number of imide groups is 1. The molecule has 28 heavy (non-hydrogen) atoms. The number of hydrogen-bond donors (Lipinski definition) is 1. The van der Waals surface area contributed by atoms with Gasteiger partial charge < -0.3 is 9.88 Å². The molecule has 0 aliphatic carbocycles. The van der Waals surface area contributed by atoms with Crippen molar-refractivity contribution in [3.63, 3.8) is 0 Å². The minimum atomic E-state index is -0.324. The van der Waals surface area contributed by atoms with Gasteiger partial charge in [0.1, 0.15) is 5.82 Å². The Morgan fingerprint density at radius 3 is 2.89 bits per heavy atom. The van der Waals surface area contributed by atoms with Gasteiger partial charge in [-0.05, 0) is 19.1 Å². The van der Waals surface area contributed by atoms with E-state index in [0.717, 1.165) is 15.7 Å². The summed E-state index contributed by atoms with van der Waals surface area (Å²) in [5.41, 5.74) is 1.01. The van der Waals surface area contributed by atoms with Crippen LogP contribution >= 0.6 is 34.9 Å². The summed E-state index contributed by atoms with van der Waals surface area (Å²) >= 11 is 4.61. The number of hydrogen-bond acceptors (Lipinski definition) is 8. The summed E-state index contributed by atoms with van der Waals surface area (Å²) in [5.74, 6) is 1.46. The Labute approximate surface area is 174 Å².